The standard InChI is InChI=1S/C24H19N5O2/c1-27(2)20-12-13-22-17(14-20)15-21-23(16-6-4-3-5-7-16)26-28(24(21)25-22)18-8-10-19(11-9-18)29(30)31/h3-15H,1-2H3. The molecule has 152 valence electrons. The van der Waals surface area contributed by atoms with E-state index in [2.05, 4.69) is 17.0 Å². The lowest BCUT2D eigenvalue weighted by atomic mass is 10.1. The van der Waals surface area contributed by atoms with E-state index in [0.717, 1.165) is 38.9 Å². The maximum absolute atomic E-state index is 11.0. The van der Waals surface area contributed by atoms with Gasteiger partial charge in [-0.3, -0.25) is 10.1 Å². The molecule has 0 aliphatic heterocycles. The van der Waals surface area contributed by atoms with Crippen LogP contribution in [0.1, 0.15) is 0 Å². The number of hydrogen-bond donors (Lipinski definition) is 0. The Hall–Kier alpha value is -4.26. The highest BCUT2D eigenvalue weighted by molar-refractivity contribution is 6.00. The van der Waals surface area contributed by atoms with Gasteiger partial charge in [-0.25, -0.2) is 9.67 Å². The van der Waals surface area contributed by atoms with E-state index in [4.69, 9.17) is 10.1 Å². The van der Waals surface area contributed by atoms with Gasteiger partial charge >= 0.3 is 0 Å². The normalized spacial score (nSPS) is 11.2. The number of nitrogens with zero attached hydrogens (tertiary/aromatic N) is 5. The molecule has 2 heterocycles. The molecule has 0 N–H and O–H groups in total. The van der Waals surface area contributed by atoms with E-state index in [9.17, 15) is 10.1 Å². The molecule has 31 heavy (non-hydrogen) atoms. The van der Waals surface area contributed by atoms with Crippen LogP contribution in [0.25, 0.3) is 38.9 Å². The van der Waals surface area contributed by atoms with E-state index in [1.165, 1.54) is 12.1 Å². The van der Waals surface area contributed by atoms with Crippen LogP contribution in [-0.4, -0.2) is 33.8 Å². The van der Waals surface area contributed by atoms with Gasteiger partial charge in [0.15, 0.2) is 5.65 Å². The lowest BCUT2D eigenvalue weighted by Crippen LogP contribution is -2.08. The first-order valence-electron chi connectivity index (χ1n) is 9.82. The Morgan fingerprint density at radius 1 is 0.935 bits per heavy atom. The molecule has 0 bridgehead atoms. The molecule has 0 spiro atoms. The summed E-state index contributed by atoms with van der Waals surface area (Å²) in [6.45, 7) is 0. The smallest absolute Gasteiger partial charge is 0.269 e. The molecule has 7 nitrogen and oxygen atoms in total. The van der Waals surface area contributed by atoms with Crippen LogP contribution in [0.2, 0.25) is 0 Å². The number of nitro groups is 1. The number of non-ortho nitro benzene ring substituents is 1. The summed E-state index contributed by atoms with van der Waals surface area (Å²) in [6.07, 6.45) is 0. The first-order valence-corrected chi connectivity index (χ1v) is 9.82. The molecule has 2 aromatic heterocycles. The molecular weight excluding hydrogens is 390 g/mol. The summed E-state index contributed by atoms with van der Waals surface area (Å²) in [7, 11) is 4.02. The van der Waals surface area contributed by atoms with Crippen LogP contribution >= 0.6 is 0 Å². The zero-order valence-electron chi connectivity index (χ0n) is 17.1. The summed E-state index contributed by atoms with van der Waals surface area (Å²) in [5.41, 5.74) is 5.22. The molecule has 0 amide bonds. The zero-order valence-corrected chi connectivity index (χ0v) is 17.1. The monoisotopic (exact) mass is 409 g/mol. The third-order valence-electron chi connectivity index (χ3n) is 5.30. The molecule has 0 saturated heterocycles. The largest absolute Gasteiger partial charge is 0.378 e. The SMILES string of the molecule is CN(C)c1ccc2nc3c(cc2c1)c(-c1ccccc1)nn3-c1ccc([N+](=O)[O-])cc1. The molecule has 7 heteroatoms. The fourth-order valence-corrected chi connectivity index (χ4v) is 3.67. The Kier molecular flexibility index (Phi) is 4.36. The number of fused-ring (bicyclic) bond motifs is 2. The molecule has 5 rings (SSSR count). The molecule has 0 atom stereocenters. The highest BCUT2D eigenvalue weighted by Gasteiger charge is 2.17. The summed E-state index contributed by atoms with van der Waals surface area (Å²) in [5.74, 6) is 0. The fraction of sp³-hybridized carbons (Fsp3) is 0.0833. The highest BCUT2D eigenvalue weighted by Crippen LogP contribution is 2.32. The van der Waals surface area contributed by atoms with E-state index in [-0.39, 0.29) is 5.69 Å². The van der Waals surface area contributed by atoms with Crippen molar-refractivity contribution < 1.29 is 4.92 Å². The van der Waals surface area contributed by atoms with Gasteiger partial charge in [0.05, 0.1) is 16.1 Å². The molecule has 0 fully saturated rings. The molecule has 0 aliphatic carbocycles. The van der Waals surface area contributed by atoms with Gasteiger partial charge in [0, 0.05) is 48.3 Å². The molecule has 0 saturated carbocycles. The summed E-state index contributed by atoms with van der Waals surface area (Å²) in [5, 5.41) is 17.8. The summed E-state index contributed by atoms with van der Waals surface area (Å²) < 4.78 is 1.75. The van der Waals surface area contributed by atoms with Gasteiger partial charge < -0.3 is 4.90 Å². The average molecular weight is 409 g/mol. The quantitative estimate of drug-likeness (QED) is 0.301. The number of hydrogen-bond acceptors (Lipinski definition) is 5. The highest BCUT2D eigenvalue weighted by atomic mass is 16.6. The van der Waals surface area contributed by atoms with Crippen molar-refractivity contribution in [3.8, 4) is 16.9 Å². The minimum absolute atomic E-state index is 0.0399. The summed E-state index contributed by atoms with van der Waals surface area (Å²) >= 11 is 0. The topological polar surface area (TPSA) is 77.1 Å². The van der Waals surface area contributed by atoms with E-state index >= 15 is 0 Å². The summed E-state index contributed by atoms with van der Waals surface area (Å²) in [6, 6.07) is 24.6. The van der Waals surface area contributed by atoms with E-state index in [1.54, 1.807) is 16.8 Å². The van der Waals surface area contributed by atoms with Crippen molar-refractivity contribution in [1.29, 1.82) is 0 Å². The van der Waals surface area contributed by atoms with Crippen molar-refractivity contribution in [2.24, 2.45) is 0 Å². The number of anilines is 1. The van der Waals surface area contributed by atoms with Crippen LogP contribution in [0.3, 0.4) is 0 Å². The molecule has 0 aliphatic rings. The Bertz CT molecular complexity index is 1420. The van der Waals surface area contributed by atoms with Crippen molar-refractivity contribution in [3.63, 3.8) is 0 Å². The van der Waals surface area contributed by atoms with Gasteiger partial charge in [0.1, 0.15) is 5.69 Å². The molecule has 0 radical (unpaired) electrons. The molecular formula is C24H19N5O2. The average Bonchev–Trinajstić information content (AvgIpc) is 3.16. The maximum atomic E-state index is 11.0. The van der Waals surface area contributed by atoms with Gasteiger partial charge in [-0.1, -0.05) is 30.3 Å². The van der Waals surface area contributed by atoms with Gasteiger partial charge in [0.2, 0.25) is 0 Å². The second-order valence-corrected chi connectivity index (χ2v) is 7.53. The van der Waals surface area contributed by atoms with Crippen LogP contribution < -0.4 is 4.90 Å². The van der Waals surface area contributed by atoms with Gasteiger partial charge in [-0.2, -0.15) is 5.10 Å². The van der Waals surface area contributed by atoms with E-state index < -0.39 is 4.92 Å². The zero-order chi connectivity index (χ0) is 21.5. The van der Waals surface area contributed by atoms with Crippen molar-refractivity contribution in [3.05, 3.63) is 89.0 Å². The Morgan fingerprint density at radius 2 is 1.68 bits per heavy atom. The third kappa shape index (κ3) is 3.26. The number of nitro benzene ring substituents is 1. The Balaban J connectivity index is 1.79. The molecule has 3 aromatic carbocycles. The van der Waals surface area contributed by atoms with Gasteiger partial charge in [-0.05, 0) is 36.4 Å². The van der Waals surface area contributed by atoms with Crippen LogP contribution in [-0.2, 0) is 0 Å². The lowest BCUT2D eigenvalue weighted by Gasteiger charge is -2.13. The second-order valence-electron chi connectivity index (χ2n) is 7.53. The third-order valence-corrected chi connectivity index (χ3v) is 5.30. The number of benzene rings is 3. The van der Waals surface area contributed by atoms with Crippen molar-refractivity contribution in [1.82, 2.24) is 14.8 Å². The minimum Gasteiger partial charge on any atom is -0.378 e. The predicted octanol–water partition coefficient (Wildman–Crippen LogP) is 5.21. The lowest BCUT2D eigenvalue weighted by molar-refractivity contribution is -0.384. The Labute approximate surface area is 178 Å². The van der Waals surface area contributed by atoms with Crippen LogP contribution in [0, 0.1) is 10.1 Å². The number of pyridine rings is 1. The van der Waals surface area contributed by atoms with E-state index in [0.29, 0.717) is 5.65 Å². The van der Waals surface area contributed by atoms with Crippen molar-refractivity contribution in [2.75, 3.05) is 19.0 Å². The van der Waals surface area contributed by atoms with Crippen LogP contribution in [0.4, 0.5) is 11.4 Å². The van der Waals surface area contributed by atoms with Crippen LogP contribution in [0.5, 0.6) is 0 Å². The Morgan fingerprint density at radius 3 is 2.35 bits per heavy atom. The van der Waals surface area contributed by atoms with Crippen molar-refractivity contribution >= 4 is 33.3 Å². The van der Waals surface area contributed by atoms with E-state index in [1.807, 2.05) is 56.6 Å². The first kappa shape index (κ1) is 18.7. The van der Waals surface area contributed by atoms with Crippen LogP contribution in [0.15, 0.2) is 78.9 Å². The number of aromatic nitrogens is 3. The first-order chi connectivity index (χ1) is 15.0. The number of rotatable bonds is 4. The van der Waals surface area contributed by atoms with Crippen molar-refractivity contribution in [2.45, 2.75) is 0 Å². The maximum Gasteiger partial charge on any atom is 0.269 e. The molecule has 5 aromatic rings. The minimum atomic E-state index is -0.408. The molecule has 0 unspecified atom stereocenters. The van der Waals surface area contributed by atoms with Gasteiger partial charge in [-0.15, -0.1) is 0 Å². The summed E-state index contributed by atoms with van der Waals surface area (Å²) in [4.78, 5) is 17.6. The predicted molar refractivity (Wildman–Crippen MR) is 123 cm³/mol. The van der Waals surface area contributed by atoms with Gasteiger partial charge in [0.25, 0.3) is 5.69 Å². The second kappa shape index (κ2) is 7.21. The fourth-order valence-electron chi connectivity index (χ4n) is 3.67.